The van der Waals surface area contributed by atoms with Gasteiger partial charge in [0.2, 0.25) is 10.0 Å². The first-order valence-corrected chi connectivity index (χ1v) is 7.43. The van der Waals surface area contributed by atoms with E-state index in [0.717, 1.165) is 18.7 Å². The first-order chi connectivity index (χ1) is 8.90. The zero-order valence-electron chi connectivity index (χ0n) is 9.80. The molecule has 0 amide bonds. The van der Waals surface area contributed by atoms with E-state index in [1.54, 1.807) is 0 Å². The predicted molar refractivity (Wildman–Crippen MR) is 69.7 cm³/mol. The summed E-state index contributed by atoms with van der Waals surface area (Å²) < 4.78 is 26.7. The summed E-state index contributed by atoms with van der Waals surface area (Å²) in [6.45, 7) is 1.23. The fraction of sp³-hybridized carbons (Fsp3) is 0.400. The third kappa shape index (κ3) is 3.21. The number of sulfonamides is 1. The number of rotatable bonds is 4. The fourth-order valence-corrected chi connectivity index (χ4v) is 3.49. The summed E-state index contributed by atoms with van der Waals surface area (Å²) in [6.07, 6.45) is 0.653. The number of nitro benzene ring substituents is 1. The highest BCUT2D eigenvalue weighted by Gasteiger charge is 2.29. The van der Waals surface area contributed by atoms with Crippen LogP contribution in [-0.4, -0.2) is 32.5 Å². The molecule has 1 aromatic rings. The van der Waals surface area contributed by atoms with E-state index < -0.39 is 20.6 Å². The topological polar surface area (TPSA) is 101 Å². The molecule has 0 aliphatic carbocycles. The Morgan fingerprint density at radius 3 is 2.79 bits per heavy atom. The minimum atomic E-state index is -3.93. The molecule has 1 aliphatic rings. The van der Waals surface area contributed by atoms with Crippen molar-refractivity contribution in [2.75, 3.05) is 13.1 Å². The highest BCUT2D eigenvalue weighted by molar-refractivity contribution is 7.89. The Morgan fingerprint density at radius 2 is 2.21 bits per heavy atom. The van der Waals surface area contributed by atoms with Crippen LogP contribution in [0.15, 0.2) is 23.1 Å². The van der Waals surface area contributed by atoms with Gasteiger partial charge in [0.1, 0.15) is 0 Å². The maximum atomic E-state index is 12.1. The number of nitrogens with one attached hydrogen (secondary N) is 2. The zero-order chi connectivity index (χ0) is 14.0. The van der Waals surface area contributed by atoms with Crippen molar-refractivity contribution in [2.45, 2.75) is 17.4 Å². The van der Waals surface area contributed by atoms with E-state index in [1.807, 2.05) is 0 Å². The van der Waals surface area contributed by atoms with Gasteiger partial charge in [-0.25, -0.2) is 13.1 Å². The maximum absolute atomic E-state index is 12.1. The summed E-state index contributed by atoms with van der Waals surface area (Å²) in [4.78, 5) is 9.78. The van der Waals surface area contributed by atoms with E-state index in [4.69, 9.17) is 11.6 Å². The Kier molecular flexibility index (Phi) is 4.04. The molecule has 7 nitrogen and oxygen atoms in total. The SMILES string of the molecule is O=[N+]([O-])c1cc(Cl)ccc1S(=O)(=O)N[C@H]1CCNC1. The molecule has 0 radical (unpaired) electrons. The predicted octanol–water partition coefficient (Wildman–Crippen LogP) is 0.888. The Morgan fingerprint density at radius 1 is 1.47 bits per heavy atom. The van der Waals surface area contributed by atoms with Gasteiger partial charge in [0.25, 0.3) is 5.69 Å². The van der Waals surface area contributed by atoms with Crippen molar-refractivity contribution in [1.82, 2.24) is 10.0 Å². The molecule has 1 fully saturated rings. The molecule has 0 saturated carbocycles. The third-order valence-electron chi connectivity index (χ3n) is 2.79. The number of benzene rings is 1. The van der Waals surface area contributed by atoms with Crippen LogP contribution in [0.2, 0.25) is 5.02 Å². The standard InChI is InChI=1S/C10H12ClN3O4S/c11-7-1-2-10(9(5-7)14(15)16)19(17,18)13-8-3-4-12-6-8/h1-2,5,8,12-13H,3-4,6H2/t8-/m0/s1. The van der Waals surface area contributed by atoms with E-state index in [-0.39, 0.29) is 16.0 Å². The second-order valence-corrected chi connectivity index (χ2v) is 6.30. The van der Waals surface area contributed by atoms with Gasteiger partial charge in [-0.15, -0.1) is 0 Å². The van der Waals surface area contributed by atoms with E-state index in [0.29, 0.717) is 13.0 Å². The van der Waals surface area contributed by atoms with E-state index in [2.05, 4.69) is 10.0 Å². The van der Waals surface area contributed by atoms with Gasteiger partial charge in [-0.05, 0) is 25.1 Å². The molecule has 1 atom stereocenters. The second-order valence-electron chi connectivity index (χ2n) is 4.18. The van der Waals surface area contributed by atoms with Crippen molar-refractivity contribution in [3.05, 3.63) is 33.3 Å². The van der Waals surface area contributed by atoms with Crippen molar-refractivity contribution < 1.29 is 13.3 Å². The fourth-order valence-electron chi connectivity index (χ4n) is 1.90. The van der Waals surface area contributed by atoms with Gasteiger partial charge in [0.05, 0.1) is 4.92 Å². The van der Waals surface area contributed by atoms with Crippen molar-refractivity contribution in [3.8, 4) is 0 Å². The molecule has 2 N–H and O–H groups in total. The molecule has 0 spiro atoms. The number of halogens is 1. The molecule has 0 unspecified atom stereocenters. The summed E-state index contributed by atoms with van der Waals surface area (Å²) in [5, 5.41) is 14.0. The second kappa shape index (κ2) is 5.41. The average molecular weight is 306 g/mol. The van der Waals surface area contributed by atoms with Crippen LogP contribution in [-0.2, 0) is 10.0 Å². The molecule has 19 heavy (non-hydrogen) atoms. The average Bonchev–Trinajstić information content (AvgIpc) is 2.80. The zero-order valence-corrected chi connectivity index (χ0v) is 11.4. The summed E-state index contributed by atoms with van der Waals surface area (Å²) >= 11 is 5.65. The molecule has 1 heterocycles. The van der Waals surface area contributed by atoms with E-state index in [9.17, 15) is 18.5 Å². The van der Waals surface area contributed by atoms with Crippen LogP contribution in [0.1, 0.15) is 6.42 Å². The summed E-state index contributed by atoms with van der Waals surface area (Å²) in [5.74, 6) is 0. The Bertz CT molecular complexity index is 599. The van der Waals surface area contributed by atoms with Gasteiger partial charge in [-0.1, -0.05) is 11.6 Å². The maximum Gasteiger partial charge on any atom is 0.290 e. The lowest BCUT2D eigenvalue weighted by Crippen LogP contribution is -2.36. The normalized spacial score (nSPS) is 19.5. The lowest BCUT2D eigenvalue weighted by molar-refractivity contribution is -0.387. The summed E-state index contributed by atoms with van der Waals surface area (Å²) in [5.41, 5.74) is -0.522. The molecular weight excluding hydrogens is 294 g/mol. The molecule has 1 aliphatic heterocycles. The number of hydrogen-bond acceptors (Lipinski definition) is 5. The number of nitro groups is 1. The smallest absolute Gasteiger partial charge is 0.290 e. The molecule has 0 bridgehead atoms. The highest BCUT2D eigenvalue weighted by Crippen LogP contribution is 2.27. The number of nitrogens with zero attached hydrogens (tertiary/aromatic N) is 1. The quantitative estimate of drug-likeness (QED) is 0.635. The Balaban J connectivity index is 2.36. The first-order valence-electron chi connectivity index (χ1n) is 5.57. The summed E-state index contributed by atoms with van der Waals surface area (Å²) in [7, 11) is -3.93. The molecule has 1 aromatic carbocycles. The van der Waals surface area contributed by atoms with Crippen LogP contribution in [0.5, 0.6) is 0 Å². The van der Waals surface area contributed by atoms with Gasteiger partial charge >= 0.3 is 0 Å². The van der Waals surface area contributed by atoms with Crippen LogP contribution in [0.25, 0.3) is 0 Å². The Hall–Kier alpha value is -1.22. The van der Waals surface area contributed by atoms with Crippen LogP contribution in [0.4, 0.5) is 5.69 Å². The molecule has 104 valence electrons. The minimum Gasteiger partial charge on any atom is -0.315 e. The van der Waals surface area contributed by atoms with E-state index in [1.165, 1.54) is 6.07 Å². The van der Waals surface area contributed by atoms with Gasteiger partial charge in [0.15, 0.2) is 4.90 Å². The molecule has 0 aromatic heterocycles. The molecule has 9 heteroatoms. The highest BCUT2D eigenvalue weighted by atomic mass is 35.5. The van der Waals surface area contributed by atoms with Crippen LogP contribution >= 0.6 is 11.6 Å². The lowest BCUT2D eigenvalue weighted by Gasteiger charge is -2.12. The monoisotopic (exact) mass is 305 g/mol. The van der Waals surface area contributed by atoms with Gasteiger partial charge < -0.3 is 5.32 Å². The van der Waals surface area contributed by atoms with Crippen molar-refractivity contribution in [3.63, 3.8) is 0 Å². The number of hydrogen-bond donors (Lipinski definition) is 2. The van der Waals surface area contributed by atoms with Crippen LogP contribution < -0.4 is 10.0 Å². The lowest BCUT2D eigenvalue weighted by atomic mass is 10.3. The largest absolute Gasteiger partial charge is 0.315 e. The van der Waals surface area contributed by atoms with Gasteiger partial charge in [-0.2, -0.15) is 0 Å². The molecule has 2 rings (SSSR count). The van der Waals surface area contributed by atoms with Crippen molar-refractivity contribution in [2.24, 2.45) is 0 Å². The molecule has 1 saturated heterocycles. The Labute approximate surface area is 115 Å². The minimum absolute atomic E-state index is 0.119. The first kappa shape index (κ1) is 14.2. The van der Waals surface area contributed by atoms with Crippen LogP contribution in [0, 0.1) is 10.1 Å². The molecular formula is C10H12ClN3O4S. The van der Waals surface area contributed by atoms with Crippen molar-refractivity contribution >= 4 is 27.3 Å². The van der Waals surface area contributed by atoms with Crippen molar-refractivity contribution in [1.29, 1.82) is 0 Å². The van der Waals surface area contributed by atoms with E-state index >= 15 is 0 Å². The van der Waals surface area contributed by atoms with Gasteiger partial charge in [0, 0.05) is 23.7 Å². The van der Waals surface area contributed by atoms with Crippen LogP contribution in [0.3, 0.4) is 0 Å². The van der Waals surface area contributed by atoms with Gasteiger partial charge in [-0.3, -0.25) is 10.1 Å². The summed E-state index contributed by atoms with van der Waals surface area (Å²) in [6, 6.07) is 3.24. The third-order valence-corrected chi connectivity index (χ3v) is 4.59.